The van der Waals surface area contributed by atoms with Crippen LogP contribution >= 0.6 is 0 Å². The molecule has 1 rings (SSSR count). The number of alkyl halides is 3. The highest BCUT2D eigenvalue weighted by Gasteiger charge is 2.35. The van der Waals surface area contributed by atoms with Crippen LogP contribution in [0.5, 0.6) is 0 Å². The minimum Gasteiger partial charge on any atom is -0.387 e. The van der Waals surface area contributed by atoms with Gasteiger partial charge in [0.1, 0.15) is 5.82 Å². The molecule has 0 aliphatic rings. The van der Waals surface area contributed by atoms with Gasteiger partial charge < -0.3 is 10.8 Å². The van der Waals surface area contributed by atoms with E-state index in [4.69, 9.17) is 10.8 Å². The number of rotatable bonds is 2. The number of hydrogen-bond donors (Lipinski definition) is 2. The van der Waals surface area contributed by atoms with Crippen LogP contribution in [-0.4, -0.2) is 11.7 Å². The predicted octanol–water partition coefficient (Wildman–Crippen LogP) is 1.84. The molecule has 0 fully saturated rings. The molecule has 0 aromatic heterocycles. The summed E-state index contributed by atoms with van der Waals surface area (Å²) in [6.07, 6.45) is -6.19. The van der Waals surface area contributed by atoms with E-state index in [0.29, 0.717) is 6.07 Å². The van der Waals surface area contributed by atoms with Crippen LogP contribution in [0.15, 0.2) is 18.2 Å². The largest absolute Gasteiger partial charge is 0.419 e. The predicted molar refractivity (Wildman–Crippen MR) is 45.4 cm³/mol. The molecule has 2 nitrogen and oxygen atoms in total. The van der Waals surface area contributed by atoms with Gasteiger partial charge in [-0.15, -0.1) is 0 Å². The second-order valence-electron chi connectivity index (χ2n) is 2.96. The lowest BCUT2D eigenvalue weighted by Crippen LogP contribution is -2.16. The van der Waals surface area contributed by atoms with E-state index in [1.807, 2.05) is 0 Å². The van der Waals surface area contributed by atoms with Gasteiger partial charge in [-0.2, -0.15) is 13.2 Å². The Labute approximate surface area is 83.3 Å². The van der Waals surface area contributed by atoms with Gasteiger partial charge >= 0.3 is 6.18 Å². The molecule has 0 spiro atoms. The lowest BCUT2D eigenvalue weighted by Gasteiger charge is -2.13. The first kappa shape index (κ1) is 11.9. The van der Waals surface area contributed by atoms with Crippen LogP contribution in [-0.2, 0) is 6.18 Å². The van der Waals surface area contributed by atoms with Gasteiger partial charge in [0, 0.05) is 12.1 Å². The maximum Gasteiger partial charge on any atom is 0.419 e. The molecule has 0 radical (unpaired) electrons. The van der Waals surface area contributed by atoms with E-state index in [0.717, 1.165) is 12.1 Å². The van der Waals surface area contributed by atoms with Crippen molar-refractivity contribution < 1.29 is 22.7 Å². The van der Waals surface area contributed by atoms with Gasteiger partial charge in [-0.3, -0.25) is 0 Å². The SMILES string of the molecule is NCC(O)c1cccc(C(F)(F)F)c1F. The summed E-state index contributed by atoms with van der Waals surface area (Å²) in [5.74, 6) is -1.47. The van der Waals surface area contributed by atoms with Crippen molar-refractivity contribution in [2.45, 2.75) is 12.3 Å². The van der Waals surface area contributed by atoms with Gasteiger partial charge in [0.15, 0.2) is 0 Å². The quantitative estimate of drug-likeness (QED) is 0.751. The lowest BCUT2D eigenvalue weighted by molar-refractivity contribution is -0.140. The molecule has 1 atom stereocenters. The minimum absolute atomic E-state index is 0.335. The monoisotopic (exact) mass is 223 g/mol. The number of benzene rings is 1. The molecule has 84 valence electrons. The van der Waals surface area contributed by atoms with Gasteiger partial charge in [-0.25, -0.2) is 4.39 Å². The fraction of sp³-hybridized carbons (Fsp3) is 0.333. The maximum absolute atomic E-state index is 13.3. The van der Waals surface area contributed by atoms with Crippen LogP contribution in [0.25, 0.3) is 0 Å². The Bertz CT molecular complexity index is 350. The highest BCUT2D eigenvalue weighted by molar-refractivity contribution is 5.29. The van der Waals surface area contributed by atoms with Crippen molar-refractivity contribution in [3.63, 3.8) is 0 Å². The van der Waals surface area contributed by atoms with Crippen molar-refractivity contribution in [2.24, 2.45) is 5.73 Å². The normalized spacial score (nSPS) is 14.0. The zero-order valence-corrected chi connectivity index (χ0v) is 7.55. The molecule has 6 heteroatoms. The van der Waals surface area contributed by atoms with Crippen LogP contribution in [0, 0.1) is 5.82 Å². The van der Waals surface area contributed by atoms with Gasteiger partial charge in [0.05, 0.1) is 11.7 Å². The number of aliphatic hydroxyl groups excluding tert-OH is 1. The van der Waals surface area contributed by atoms with Crippen LogP contribution in [0.3, 0.4) is 0 Å². The smallest absolute Gasteiger partial charge is 0.387 e. The molecule has 1 aromatic rings. The summed E-state index contributed by atoms with van der Waals surface area (Å²) in [6, 6.07) is 2.71. The van der Waals surface area contributed by atoms with Gasteiger partial charge in [0.2, 0.25) is 0 Å². The van der Waals surface area contributed by atoms with E-state index in [1.165, 1.54) is 0 Å². The third-order valence-electron chi connectivity index (χ3n) is 1.92. The average Bonchev–Trinajstić information content (AvgIpc) is 2.15. The standard InChI is InChI=1S/C9H9F4NO/c10-8-5(7(15)4-14)2-1-3-6(8)9(11,12)13/h1-3,7,15H,4,14H2. The zero-order chi connectivity index (χ0) is 11.6. The second-order valence-corrected chi connectivity index (χ2v) is 2.96. The molecule has 1 aromatic carbocycles. The molecule has 3 N–H and O–H groups in total. The van der Waals surface area contributed by atoms with E-state index in [9.17, 15) is 17.6 Å². The molecule has 0 saturated carbocycles. The topological polar surface area (TPSA) is 46.2 Å². The lowest BCUT2D eigenvalue weighted by atomic mass is 10.0. The van der Waals surface area contributed by atoms with E-state index in [1.54, 1.807) is 0 Å². The Kier molecular flexibility index (Phi) is 3.31. The van der Waals surface area contributed by atoms with Crippen molar-refractivity contribution in [1.82, 2.24) is 0 Å². The summed E-state index contributed by atoms with van der Waals surface area (Å²) in [6.45, 7) is -0.335. The molecule has 0 saturated heterocycles. The van der Waals surface area contributed by atoms with Crippen molar-refractivity contribution in [1.29, 1.82) is 0 Å². The third-order valence-corrected chi connectivity index (χ3v) is 1.92. The molecule has 0 heterocycles. The minimum atomic E-state index is -4.77. The highest BCUT2D eigenvalue weighted by atomic mass is 19.4. The van der Waals surface area contributed by atoms with E-state index < -0.39 is 29.2 Å². The first-order valence-electron chi connectivity index (χ1n) is 4.11. The van der Waals surface area contributed by atoms with Crippen molar-refractivity contribution in [3.05, 3.63) is 35.1 Å². The fourth-order valence-electron chi connectivity index (χ4n) is 1.15. The Morgan fingerprint density at radius 2 is 1.93 bits per heavy atom. The third kappa shape index (κ3) is 2.45. The summed E-state index contributed by atoms with van der Waals surface area (Å²) in [5.41, 5.74) is 3.20. The summed E-state index contributed by atoms with van der Waals surface area (Å²) in [7, 11) is 0. The Balaban J connectivity index is 3.23. The number of halogens is 4. The van der Waals surface area contributed by atoms with Crippen LogP contribution < -0.4 is 5.73 Å². The van der Waals surface area contributed by atoms with Gasteiger partial charge in [-0.1, -0.05) is 12.1 Å². The number of nitrogens with two attached hydrogens (primary N) is 1. The molecular weight excluding hydrogens is 214 g/mol. The summed E-state index contributed by atoms with van der Waals surface area (Å²) >= 11 is 0. The van der Waals surface area contributed by atoms with Crippen molar-refractivity contribution >= 4 is 0 Å². The van der Waals surface area contributed by atoms with Crippen LogP contribution in [0.2, 0.25) is 0 Å². The molecule has 0 bridgehead atoms. The molecule has 0 aliphatic carbocycles. The van der Waals surface area contributed by atoms with Crippen molar-refractivity contribution in [2.75, 3.05) is 6.54 Å². The molecule has 0 aliphatic heterocycles. The first-order valence-corrected chi connectivity index (χ1v) is 4.11. The van der Waals surface area contributed by atoms with Crippen LogP contribution in [0.4, 0.5) is 17.6 Å². The number of aliphatic hydroxyl groups is 1. The zero-order valence-electron chi connectivity index (χ0n) is 7.55. The van der Waals surface area contributed by atoms with E-state index >= 15 is 0 Å². The van der Waals surface area contributed by atoms with Crippen molar-refractivity contribution in [3.8, 4) is 0 Å². The first-order chi connectivity index (χ1) is 6.88. The molecule has 1 unspecified atom stereocenters. The van der Waals surface area contributed by atoms with Crippen LogP contribution in [0.1, 0.15) is 17.2 Å². The number of hydrogen-bond acceptors (Lipinski definition) is 2. The molecular formula is C9H9F4NO. The Morgan fingerprint density at radius 3 is 2.40 bits per heavy atom. The van der Waals surface area contributed by atoms with Gasteiger partial charge in [-0.05, 0) is 6.07 Å². The fourth-order valence-corrected chi connectivity index (χ4v) is 1.15. The summed E-state index contributed by atoms with van der Waals surface area (Å²) in [4.78, 5) is 0. The Morgan fingerprint density at radius 1 is 1.33 bits per heavy atom. The van der Waals surface area contributed by atoms with Gasteiger partial charge in [0.25, 0.3) is 0 Å². The Hall–Kier alpha value is -1.14. The highest BCUT2D eigenvalue weighted by Crippen LogP contribution is 2.33. The molecule has 0 amide bonds. The second kappa shape index (κ2) is 4.16. The maximum atomic E-state index is 13.3. The van der Waals surface area contributed by atoms with E-state index in [-0.39, 0.29) is 6.54 Å². The molecule has 15 heavy (non-hydrogen) atoms. The summed E-state index contributed by atoms with van der Waals surface area (Å²) in [5, 5.41) is 9.17. The summed E-state index contributed by atoms with van der Waals surface area (Å²) < 4.78 is 50.0. The van der Waals surface area contributed by atoms with E-state index in [2.05, 4.69) is 0 Å². The average molecular weight is 223 g/mol.